The van der Waals surface area contributed by atoms with Crippen LogP contribution in [0.15, 0.2) is 30.3 Å². The van der Waals surface area contributed by atoms with Gasteiger partial charge in [-0.05, 0) is 50.5 Å². The van der Waals surface area contributed by atoms with Gasteiger partial charge in [0.25, 0.3) is 0 Å². The zero-order chi connectivity index (χ0) is 13.8. The van der Waals surface area contributed by atoms with Gasteiger partial charge in [-0.2, -0.15) is 0 Å². The number of nitrogens with one attached hydrogen (secondary N) is 1. The molecule has 0 spiro atoms. The largest absolute Gasteiger partial charge is 0.378 e. The van der Waals surface area contributed by atoms with Crippen molar-refractivity contribution < 1.29 is 4.74 Å². The van der Waals surface area contributed by atoms with Crippen LogP contribution in [0.1, 0.15) is 50.5 Å². The molecule has 0 aromatic heterocycles. The van der Waals surface area contributed by atoms with Crippen molar-refractivity contribution in [2.24, 2.45) is 5.84 Å². The lowest BCUT2D eigenvalue weighted by molar-refractivity contribution is 0.101. The summed E-state index contributed by atoms with van der Waals surface area (Å²) in [5.41, 5.74) is 4.82. The summed E-state index contributed by atoms with van der Waals surface area (Å²) in [6.45, 7) is 0.956. The highest BCUT2D eigenvalue weighted by atomic mass is 16.5. The average Bonchev–Trinajstić information content (AvgIpc) is 3.14. The molecule has 1 heterocycles. The van der Waals surface area contributed by atoms with Crippen molar-refractivity contribution in [1.29, 1.82) is 0 Å². The molecule has 3 rings (SSSR count). The summed E-state index contributed by atoms with van der Waals surface area (Å²) in [5, 5.41) is 0. The van der Waals surface area contributed by atoms with Crippen LogP contribution in [0.4, 0.5) is 0 Å². The highest BCUT2D eigenvalue weighted by Crippen LogP contribution is 2.51. The molecule has 2 fully saturated rings. The molecular formula is C17H26N2O. The molecular weight excluding hydrogens is 248 g/mol. The van der Waals surface area contributed by atoms with Crippen molar-refractivity contribution in [3.8, 4) is 0 Å². The summed E-state index contributed by atoms with van der Waals surface area (Å²) in [7, 11) is 0. The molecule has 1 aromatic rings. The summed E-state index contributed by atoms with van der Waals surface area (Å²) in [6.07, 6.45) is 9.02. The molecule has 1 saturated heterocycles. The van der Waals surface area contributed by atoms with Gasteiger partial charge in [0.2, 0.25) is 0 Å². The van der Waals surface area contributed by atoms with Crippen LogP contribution in [0, 0.1) is 0 Å². The van der Waals surface area contributed by atoms with Crippen LogP contribution in [-0.2, 0) is 10.2 Å². The lowest BCUT2D eigenvalue weighted by Crippen LogP contribution is -2.44. The fraction of sp³-hybridized carbons (Fsp3) is 0.647. The molecule has 1 aliphatic heterocycles. The second-order valence-corrected chi connectivity index (χ2v) is 6.31. The standard InChI is InChI=1S/C17H26N2O/c18-19-16(10-4-8-15-9-5-13-20-15)17(11-12-17)14-6-2-1-3-7-14/h1-3,6-7,15-16,19H,4-5,8-13,18H2. The highest BCUT2D eigenvalue weighted by molar-refractivity contribution is 5.33. The smallest absolute Gasteiger partial charge is 0.0576 e. The van der Waals surface area contributed by atoms with Crippen LogP contribution >= 0.6 is 0 Å². The van der Waals surface area contributed by atoms with E-state index in [1.54, 1.807) is 0 Å². The number of rotatable bonds is 7. The van der Waals surface area contributed by atoms with Gasteiger partial charge in [-0.25, -0.2) is 0 Å². The highest BCUT2D eigenvalue weighted by Gasteiger charge is 2.49. The van der Waals surface area contributed by atoms with Gasteiger partial charge in [0.15, 0.2) is 0 Å². The third-order valence-corrected chi connectivity index (χ3v) is 5.05. The van der Waals surface area contributed by atoms with E-state index in [4.69, 9.17) is 10.6 Å². The maximum Gasteiger partial charge on any atom is 0.0576 e. The van der Waals surface area contributed by atoms with Crippen LogP contribution in [0.25, 0.3) is 0 Å². The number of hydrogen-bond donors (Lipinski definition) is 2. The van der Waals surface area contributed by atoms with Crippen molar-refractivity contribution in [3.05, 3.63) is 35.9 Å². The predicted molar refractivity (Wildman–Crippen MR) is 81.3 cm³/mol. The number of benzene rings is 1. The minimum atomic E-state index is 0.284. The first-order valence-corrected chi connectivity index (χ1v) is 7.98. The number of nitrogens with two attached hydrogens (primary N) is 1. The molecule has 1 aliphatic carbocycles. The second-order valence-electron chi connectivity index (χ2n) is 6.31. The third-order valence-electron chi connectivity index (χ3n) is 5.05. The van der Waals surface area contributed by atoms with Gasteiger partial charge >= 0.3 is 0 Å². The van der Waals surface area contributed by atoms with Crippen molar-refractivity contribution in [3.63, 3.8) is 0 Å². The lowest BCUT2D eigenvalue weighted by Gasteiger charge is -2.27. The van der Waals surface area contributed by atoms with E-state index in [1.165, 1.54) is 44.1 Å². The van der Waals surface area contributed by atoms with Gasteiger partial charge in [0, 0.05) is 18.1 Å². The van der Waals surface area contributed by atoms with Crippen molar-refractivity contribution in [2.75, 3.05) is 6.61 Å². The molecule has 0 radical (unpaired) electrons. The first-order chi connectivity index (χ1) is 9.85. The van der Waals surface area contributed by atoms with Gasteiger partial charge in [-0.1, -0.05) is 30.3 Å². The summed E-state index contributed by atoms with van der Waals surface area (Å²) >= 11 is 0. The monoisotopic (exact) mass is 274 g/mol. The summed E-state index contributed by atoms with van der Waals surface area (Å²) < 4.78 is 5.70. The third kappa shape index (κ3) is 2.90. The first-order valence-electron chi connectivity index (χ1n) is 7.98. The van der Waals surface area contributed by atoms with Crippen LogP contribution < -0.4 is 11.3 Å². The average molecular weight is 274 g/mol. The molecule has 3 heteroatoms. The quantitative estimate of drug-likeness (QED) is 0.593. The molecule has 1 saturated carbocycles. The summed E-state index contributed by atoms with van der Waals surface area (Å²) in [4.78, 5) is 0. The number of hydrogen-bond acceptors (Lipinski definition) is 3. The van der Waals surface area contributed by atoms with Crippen molar-refractivity contribution in [1.82, 2.24) is 5.43 Å². The van der Waals surface area contributed by atoms with Gasteiger partial charge in [0.1, 0.15) is 0 Å². The Morgan fingerprint density at radius 1 is 1.30 bits per heavy atom. The minimum absolute atomic E-state index is 0.284. The van der Waals surface area contributed by atoms with Crippen LogP contribution in [0.2, 0.25) is 0 Å². The van der Waals surface area contributed by atoms with Crippen molar-refractivity contribution >= 4 is 0 Å². The molecule has 110 valence electrons. The van der Waals surface area contributed by atoms with E-state index >= 15 is 0 Å². The normalized spacial score (nSPS) is 25.6. The number of ether oxygens (including phenoxy) is 1. The molecule has 0 amide bonds. The molecule has 20 heavy (non-hydrogen) atoms. The van der Waals surface area contributed by atoms with Gasteiger partial charge < -0.3 is 4.74 Å². The van der Waals surface area contributed by atoms with Crippen molar-refractivity contribution in [2.45, 2.75) is 62.5 Å². The lowest BCUT2D eigenvalue weighted by atomic mass is 9.85. The maximum absolute atomic E-state index is 5.85. The predicted octanol–water partition coefficient (Wildman–Crippen LogP) is 2.90. The maximum atomic E-state index is 5.85. The first kappa shape index (κ1) is 14.1. The topological polar surface area (TPSA) is 47.3 Å². The van der Waals surface area contributed by atoms with E-state index < -0.39 is 0 Å². The Morgan fingerprint density at radius 3 is 2.70 bits per heavy atom. The fourth-order valence-electron chi connectivity index (χ4n) is 3.68. The fourth-order valence-corrected chi connectivity index (χ4v) is 3.68. The molecule has 2 atom stereocenters. The van der Waals surface area contributed by atoms with Crippen LogP contribution in [-0.4, -0.2) is 18.8 Å². The van der Waals surface area contributed by atoms with E-state index in [1.807, 2.05) is 0 Å². The van der Waals surface area contributed by atoms with Gasteiger partial charge in [-0.3, -0.25) is 11.3 Å². The molecule has 2 unspecified atom stereocenters. The van der Waals surface area contributed by atoms with E-state index in [0.29, 0.717) is 12.1 Å². The Balaban J connectivity index is 1.56. The Hall–Kier alpha value is -0.900. The minimum Gasteiger partial charge on any atom is -0.378 e. The van der Waals surface area contributed by atoms with E-state index in [9.17, 15) is 0 Å². The Labute approximate surface area is 121 Å². The molecule has 3 N–H and O–H groups in total. The SMILES string of the molecule is NNC(CCCC1CCCO1)C1(c2ccccc2)CC1. The Kier molecular flexibility index (Phi) is 4.39. The Morgan fingerprint density at radius 2 is 2.10 bits per heavy atom. The van der Waals surface area contributed by atoms with E-state index in [2.05, 4.69) is 35.8 Å². The summed E-state index contributed by atoms with van der Waals surface area (Å²) in [6, 6.07) is 11.2. The zero-order valence-electron chi connectivity index (χ0n) is 12.2. The Bertz CT molecular complexity index is 410. The van der Waals surface area contributed by atoms with E-state index in [-0.39, 0.29) is 5.41 Å². The second kappa shape index (κ2) is 6.25. The van der Waals surface area contributed by atoms with Crippen LogP contribution in [0.5, 0.6) is 0 Å². The molecule has 1 aromatic carbocycles. The zero-order valence-corrected chi connectivity index (χ0v) is 12.2. The van der Waals surface area contributed by atoms with Gasteiger partial charge in [0.05, 0.1) is 6.10 Å². The molecule has 0 bridgehead atoms. The van der Waals surface area contributed by atoms with E-state index in [0.717, 1.165) is 13.0 Å². The van der Waals surface area contributed by atoms with Gasteiger partial charge in [-0.15, -0.1) is 0 Å². The molecule has 3 nitrogen and oxygen atoms in total. The molecule has 2 aliphatic rings. The number of hydrazine groups is 1. The van der Waals surface area contributed by atoms with Crippen LogP contribution in [0.3, 0.4) is 0 Å². The summed E-state index contributed by atoms with van der Waals surface area (Å²) in [5.74, 6) is 5.85.